The van der Waals surface area contributed by atoms with Crippen LogP contribution in [0.3, 0.4) is 0 Å². The molecule has 4 rings (SSSR count). The van der Waals surface area contributed by atoms with Crippen molar-refractivity contribution in [3.8, 4) is 0 Å². The fraction of sp³-hybridized carbons (Fsp3) is 0.300. The Morgan fingerprint density at radius 1 is 1.12 bits per heavy atom. The number of carbonyl (C=O) groups excluding carboxylic acids is 2. The number of nitrogens with zero attached hydrogens (tertiary/aromatic N) is 2. The highest BCUT2D eigenvalue weighted by atomic mass is 19.1. The van der Waals surface area contributed by atoms with Gasteiger partial charge in [0, 0.05) is 30.2 Å². The summed E-state index contributed by atoms with van der Waals surface area (Å²) in [5, 5.41) is 0. The number of carbonyl (C=O) groups is 2. The van der Waals surface area contributed by atoms with E-state index < -0.39 is 5.92 Å². The topological polar surface area (TPSA) is 66.6 Å². The monoisotopic (exact) mass is 353 g/mol. The van der Waals surface area contributed by atoms with Crippen molar-refractivity contribution < 1.29 is 14.0 Å². The molecule has 1 atom stereocenters. The van der Waals surface area contributed by atoms with Crippen molar-refractivity contribution in [2.75, 3.05) is 28.6 Å². The first-order chi connectivity index (χ1) is 12.6. The zero-order valence-electron chi connectivity index (χ0n) is 14.3. The van der Waals surface area contributed by atoms with Gasteiger partial charge in [-0.1, -0.05) is 6.07 Å². The molecule has 5 nitrogen and oxygen atoms in total. The van der Waals surface area contributed by atoms with Crippen LogP contribution >= 0.6 is 0 Å². The smallest absolute Gasteiger partial charge is 0.239 e. The van der Waals surface area contributed by atoms with Crippen LogP contribution in [0.15, 0.2) is 42.5 Å². The van der Waals surface area contributed by atoms with Crippen molar-refractivity contribution in [3.63, 3.8) is 0 Å². The maximum atomic E-state index is 13.1. The molecule has 2 N–H and O–H groups in total. The highest BCUT2D eigenvalue weighted by molar-refractivity contribution is 6.14. The largest absolute Gasteiger partial charge is 0.398 e. The highest BCUT2D eigenvalue weighted by Gasteiger charge is 2.41. The summed E-state index contributed by atoms with van der Waals surface area (Å²) in [7, 11) is 0. The van der Waals surface area contributed by atoms with Crippen LogP contribution in [0.25, 0.3) is 0 Å². The molecule has 0 saturated carbocycles. The second-order valence-corrected chi connectivity index (χ2v) is 6.75. The lowest BCUT2D eigenvalue weighted by molar-refractivity contribution is -0.130. The van der Waals surface area contributed by atoms with Gasteiger partial charge in [0.15, 0.2) is 0 Å². The molecule has 0 aromatic heterocycles. The summed E-state index contributed by atoms with van der Waals surface area (Å²) in [4.78, 5) is 29.2. The van der Waals surface area contributed by atoms with Crippen molar-refractivity contribution in [3.05, 3.63) is 53.8 Å². The third kappa shape index (κ3) is 2.71. The summed E-state index contributed by atoms with van der Waals surface area (Å²) in [6.07, 6.45) is 2.13. The summed E-state index contributed by atoms with van der Waals surface area (Å²) in [6.45, 7) is 1.05. The van der Waals surface area contributed by atoms with E-state index >= 15 is 0 Å². The number of amides is 2. The molecule has 0 radical (unpaired) electrons. The normalized spacial score (nSPS) is 19.6. The second kappa shape index (κ2) is 6.44. The zero-order valence-corrected chi connectivity index (χ0v) is 14.3. The standard InChI is InChI=1S/C20H20FN3O2/c21-13-6-8-14(9-7-13)23-12-10-16(19(23)25)20(26)24-11-2-3-15-17(22)4-1-5-18(15)24/h1,4-9,16H,2-3,10-12,22H2. The van der Waals surface area contributed by atoms with E-state index in [0.717, 1.165) is 24.1 Å². The minimum Gasteiger partial charge on any atom is -0.398 e. The highest BCUT2D eigenvalue weighted by Crippen LogP contribution is 2.34. The molecule has 2 aromatic rings. The summed E-state index contributed by atoms with van der Waals surface area (Å²) >= 11 is 0. The predicted octanol–water partition coefficient (Wildman–Crippen LogP) is 2.74. The third-order valence-corrected chi connectivity index (χ3v) is 5.19. The third-order valence-electron chi connectivity index (χ3n) is 5.19. The molecular formula is C20H20FN3O2. The Morgan fingerprint density at radius 3 is 2.65 bits per heavy atom. The summed E-state index contributed by atoms with van der Waals surface area (Å²) in [5.41, 5.74) is 9.15. The molecule has 1 unspecified atom stereocenters. The van der Waals surface area contributed by atoms with Gasteiger partial charge in [-0.3, -0.25) is 9.59 Å². The quantitative estimate of drug-likeness (QED) is 0.667. The summed E-state index contributed by atoms with van der Waals surface area (Å²) in [6, 6.07) is 11.3. The molecule has 26 heavy (non-hydrogen) atoms. The first-order valence-electron chi connectivity index (χ1n) is 8.82. The molecule has 6 heteroatoms. The van der Waals surface area contributed by atoms with Gasteiger partial charge in [0.05, 0.1) is 0 Å². The molecular weight excluding hydrogens is 333 g/mol. The van der Waals surface area contributed by atoms with Gasteiger partial charge in [-0.25, -0.2) is 4.39 Å². The van der Waals surface area contributed by atoms with Crippen molar-refractivity contribution in [2.45, 2.75) is 19.3 Å². The molecule has 2 aliphatic heterocycles. The molecule has 2 aromatic carbocycles. The first kappa shape index (κ1) is 16.6. The van der Waals surface area contributed by atoms with Crippen molar-refractivity contribution >= 4 is 28.9 Å². The molecule has 1 fully saturated rings. The Hall–Kier alpha value is -2.89. The number of halogens is 1. The minimum absolute atomic E-state index is 0.175. The van der Waals surface area contributed by atoms with Crippen LogP contribution in [0.5, 0.6) is 0 Å². The van der Waals surface area contributed by atoms with E-state index in [2.05, 4.69) is 0 Å². The number of fused-ring (bicyclic) bond motifs is 1. The number of rotatable bonds is 2. The lowest BCUT2D eigenvalue weighted by atomic mass is 9.97. The number of anilines is 3. The van der Waals surface area contributed by atoms with E-state index in [1.165, 1.54) is 12.1 Å². The van der Waals surface area contributed by atoms with Crippen LogP contribution in [0.1, 0.15) is 18.4 Å². The minimum atomic E-state index is -0.701. The molecule has 134 valence electrons. The molecule has 2 amide bonds. The Morgan fingerprint density at radius 2 is 1.88 bits per heavy atom. The lowest BCUT2D eigenvalue weighted by Crippen LogP contribution is -2.42. The average molecular weight is 353 g/mol. The van der Waals surface area contributed by atoms with Gasteiger partial charge in [-0.2, -0.15) is 0 Å². The summed E-state index contributed by atoms with van der Waals surface area (Å²) < 4.78 is 13.1. The Bertz CT molecular complexity index is 866. The van der Waals surface area contributed by atoms with Crippen LogP contribution in [-0.2, 0) is 16.0 Å². The SMILES string of the molecule is Nc1cccc2c1CCCN2C(=O)C1CCN(c2ccc(F)cc2)C1=O. The van der Waals surface area contributed by atoms with Gasteiger partial charge in [0.25, 0.3) is 0 Å². The Kier molecular flexibility index (Phi) is 4.11. The average Bonchev–Trinajstić information content (AvgIpc) is 3.03. The summed E-state index contributed by atoms with van der Waals surface area (Å²) in [5.74, 6) is -1.45. The number of hydrogen-bond donors (Lipinski definition) is 1. The van der Waals surface area contributed by atoms with E-state index in [4.69, 9.17) is 5.73 Å². The maximum Gasteiger partial charge on any atom is 0.239 e. The lowest BCUT2D eigenvalue weighted by Gasteiger charge is -2.31. The van der Waals surface area contributed by atoms with Crippen molar-refractivity contribution in [1.29, 1.82) is 0 Å². The molecule has 2 aliphatic rings. The fourth-order valence-electron chi connectivity index (χ4n) is 3.86. The van der Waals surface area contributed by atoms with Gasteiger partial charge in [-0.05, 0) is 61.2 Å². The number of hydrogen-bond acceptors (Lipinski definition) is 3. The van der Waals surface area contributed by atoms with Crippen molar-refractivity contribution in [2.24, 2.45) is 5.92 Å². The predicted molar refractivity (Wildman–Crippen MR) is 98.4 cm³/mol. The van der Waals surface area contributed by atoms with E-state index in [9.17, 15) is 14.0 Å². The van der Waals surface area contributed by atoms with Crippen molar-refractivity contribution in [1.82, 2.24) is 0 Å². The van der Waals surface area contributed by atoms with Gasteiger partial charge >= 0.3 is 0 Å². The van der Waals surface area contributed by atoms with Gasteiger partial charge in [0.2, 0.25) is 11.8 Å². The van der Waals surface area contributed by atoms with Crippen LogP contribution in [0, 0.1) is 11.7 Å². The zero-order chi connectivity index (χ0) is 18.3. The maximum absolute atomic E-state index is 13.1. The van der Waals surface area contributed by atoms with E-state index in [0.29, 0.717) is 30.9 Å². The first-order valence-corrected chi connectivity index (χ1v) is 8.82. The van der Waals surface area contributed by atoms with Crippen LogP contribution < -0.4 is 15.5 Å². The van der Waals surface area contributed by atoms with Gasteiger partial charge in [-0.15, -0.1) is 0 Å². The number of benzene rings is 2. The van der Waals surface area contributed by atoms with Crippen LogP contribution in [0.4, 0.5) is 21.5 Å². The van der Waals surface area contributed by atoms with E-state index in [1.807, 2.05) is 18.2 Å². The molecule has 2 heterocycles. The van der Waals surface area contributed by atoms with Gasteiger partial charge in [0.1, 0.15) is 11.7 Å². The molecule has 0 bridgehead atoms. The fourth-order valence-corrected chi connectivity index (χ4v) is 3.86. The van der Waals surface area contributed by atoms with Crippen LogP contribution in [-0.4, -0.2) is 24.9 Å². The molecule has 1 saturated heterocycles. The number of nitrogen functional groups attached to an aromatic ring is 1. The Balaban J connectivity index is 1.58. The van der Waals surface area contributed by atoms with Crippen LogP contribution in [0.2, 0.25) is 0 Å². The number of nitrogens with two attached hydrogens (primary N) is 1. The second-order valence-electron chi connectivity index (χ2n) is 6.75. The van der Waals surface area contributed by atoms with E-state index in [1.54, 1.807) is 21.9 Å². The van der Waals surface area contributed by atoms with E-state index in [-0.39, 0.29) is 17.6 Å². The van der Waals surface area contributed by atoms with Gasteiger partial charge < -0.3 is 15.5 Å². The Labute approximate surface area is 151 Å². The molecule has 0 aliphatic carbocycles. The molecule has 0 spiro atoms.